The van der Waals surface area contributed by atoms with Crippen molar-refractivity contribution < 1.29 is 24.0 Å². The maximum absolute atomic E-state index is 12.9. The molecule has 0 aliphatic carbocycles. The number of carbonyl (C=O) groups is 3. The van der Waals surface area contributed by atoms with E-state index in [2.05, 4.69) is 10.6 Å². The number of imide groups is 1. The molecule has 0 spiro atoms. The first-order valence-electron chi connectivity index (χ1n) is 8.58. The van der Waals surface area contributed by atoms with Crippen LogP contribution < -0.4 is 15.4 Å². The lowest BCUT2D eigenvalue weighted by atomic mass is 9.92. The first kappa shape index (κ1) is 19.8. The smallest absolute Gasteiger partial charge is 0.325 e. The molecule has 0 radical (unpaired) electrons. The van der Waals surface area contributed by atoms with E-state index in [0.717, 1.165) is 4.90 Å². The van der Waals surface area contributed by atoms with Gasteiger partial charge in [0.1, 0.15) is 17.8 Å². The van der Waals surface area contributed by atoms with Crippen LogP contribution in [0.3, 0.4) is 0 Å². The highest BCUT2D eigenvalue weighted by Gasteiger charge is 2.49. The summed E-state index contributed by atoms with van der Waals surface area (Å²) < 4.78 is 5.15. The summed E-state index contributed by atoms with van der Waals surface area (Å²) in [5.74, 6) is -0.772. The first-order chi connectivity index (χ1) is 13.8. The second-order valence-electron chi connectivity index (χ2n) is 6.50. The van der Waals surface area contributed by atoms with Crippen molar-refractivity contribution in [3.63, 3.8) is 0 Å². The fraction of sp³-hybridized carbons (Fsp3) is 0.211. The minimum atomic E-state index is -1.43. The van der Waals surface area contributed by atoms with Crippen LogP contribution in [-0.4, -0.2) is 41.3 Å². The van der Waals surface area contributed by atoms with Gasteiger partial charge in [-0.2, -0.15) is 0 Å². The molecule has 2 aromatic carbocycles. The van der Waals surface area contributed by atoms with Crippen LogP contribution in [0.5, 0.6) is 5.75 Å². The molecule has 3 rings (SSSR count). The zero-order valence-electron chi connectivity index (χ0n) is 15.7. The molecule has 150 valence electrons. The van der Waals surface area contributed by atoms with Gasteiger partial charge in [-0.25, -0.2) is 4.79 Å². The number of nitrogens with zero attached hydrogens (tertiary/aromatic N) is 2. The van der Waals surface area contributed by atoms with Crippen molar-refractivity contribution in [2.75, 3.05) is 19.0 Å². The number of hydrogen-bond acceptors (Lipinski definition) is 6. The fourth-order valence-electron chi connectivity index (χ4n) is 3.03. The van der Waals surface area contributed by atoms with Crippen molar-refractivity contribution in [2.24, 2.45) is 0 Å². The van der Waals surface area contributed by atoms with Gasteiger partial charge >= 0.3 is 6.03 Å². The van der Waals surface area contributed by atoms with Crippen molar-refractivity contribution in [3.05, 3.63) is 64.2 Å². The van der Waals surface area contributed by atoms with Crippen molar-refractivity contribution in [1.29, 1.82) is 0 Å². The Bertz CT molecular complexity index is 990. The van der Waals surface area contributed by atoms with Crippen LogP contribution in [0.4, 0.5) is 16.2 Å². The standard InChI is InChI=1S/C19H18N4O6/c1-19(12-7-9-13(10-8-12)23(27)28)17(25)22(18(26)21-19)11-16(24)20-14-5-3-4-6-15(14)29-2/h3-10H,11H2,1-2H3,(H,20,24)(H,21,26)/t19-/m0/s1. The molecule has 0 aromatic heterocycles. The summed E-state index contributed by atoms with van der Waals surface area (Å²) in [7, 11) is 1.46. The second kappa shape index (κ2) is 7.58. The number of urea groups is 1. The van der Waals surface area contributed by atoms with E-state index >= 15 is 0 Å². The molecule has 2 N–H and O–H groups in total. The minimum Gasteiger partial charge on any atom is -0.495 e. The zero-order valence-corrected chi connectivity index (χ0v) is 15.7. The van der Waals surface area contributed by atoms with Crippen molar-refractivity contribution in [2.45, 2.75) is 12.5 Å². The number of benzene rings is 2. The Morgan fingerprint density at radius 3 is 2.48 bits per heavy atom. The third kappa shape index (κ3) is 3.72. The van der Waals surface area contributed by atoms with E-state index in [0.29, 0.717) is 17.0 Å². The van der Waals surface area contributed by atoms with Gasteiger partial charge in [-0.3, -0.25) is 24.6 Å². The Morgan fingerprint density at radius 1 is 1.21 bits per heavy atom. The van der Waals surface area contributed by atoms with Gasteiger partial charge in [-0.15, -0.1) is 0 Å². The number of non-ortho nitro benzene ring substituents is 1. The molecule has 4 amide bonds. The van der Waals surface area contributed by atoms with Crippen molar-refractivity contribution in [3.8, 4) is 5.75 Å². The quantitative estimate of drug-likeness (QED) is 0.435. The van der Waals surface area contributed by atoms with Crippen LogP contribution in [0.25, 0.3) is 0 Å². The lowest BCUT2D eigenvalue weighted by Crippen LogP contribution is -2.42. The van der Waals surface area contributed by atoms with Gasteiger partial charge in [-0.05, 0) is 36.8 Å². The Morgan fingerprint density at radius 2 is 1.86 bits per heavy atom. The molecule has 1 saturated heterocycles. The van der Waals surface area contributed by atoms with E-state index in [1.165, 1.54) is 38.3 Å². The molecular formula is C19H18N4O6. The number of rotatable bonds is 6. The molecule has 1 fully saturated rings. The highest BCUT2D eigenvalue weighted by atomic mass is 16.6. The molecule has 10 nitrogen and oxygen atoms in total. The van der Waals surface area contributed by atoms with Crippen LogP contribution >= 0.6 is 0 Å². The number of hydrogen-bond donors (Lipinski definition) is 2. The number of para-hydroxylation sites is 2. The number of nitrogens with one attached hydrogen (secondary N) is 2. The zero-order chi connectivity index (χ0) is 21.2. The van der Waals surface area contributed by atoms with E-state index in [4.69, 9.17) is 4.74 Å². The summed E-state index contributed by atoms with van der Waals surface area (Å²) in [4.78, 5) is 48.6. The summed E-state index contributed by atoms with van der Waals surface area (Å²) in [6, 6.07) is 11.3. The second-order valence-corrected chi connectivity index (χ2v) is 6.50. The van der Waals surface area contributed by atoms with Crippen LogP contribution in [0, 0.1) is 10.1 Å². The number of carbonyl (C=O) groups excluding carboxylic acids is 3. The van der Waals surface area contributed by atoms with Crippen molar-refractivity contribution >= 4 is 29.2 Å². The molecule has 1 atom stereocenters. The molecule has 29 heavy (non-hydrogen) atoms. The van der Waals surface area contributed by atoms with E-state index < -0.39 is 34.9 Å². The molecule has 1 aliphatic heterocycles. The number of nitro groups is 1. The van der Waals surface area contributed by atoms with E-state index in [9.17, 15) is 24.5 Å². The number of ether oxygens (including phenoxy) is 1. The minimum absolute atomic E-state index is 0.137. The van der Waals surface area contributed by atoms with Crippen LogP contribution in [0.2, 0.25) is 0 Å². The molecule has 10 heteroatoms. The van der Waals surface area contributed by atoms with Crippen LogP contribution in [0.1, 0.15) is 12.5 Å². The lowest BCUT2D eigenvalue weighted by molar-refractivity contribution is -0.384. The van der Waals surface area contributed by atoms with Crippen LogP contribution in [-0.2, 0) is 15.1 Å². The Balaban J connectivity index is 1.76. The summed E-state index contributed by atoms with van der Waals surface area (Å²) >= 11 is 0. The third-order valence-electron chi connectivity index (χ3n) is 4.61. The van der Waals surface area contributed by atoms with E-state index in [1.54, 1.807) is 24.3 Å². The van der Waals surface area contributed by atoms with Gasteiger partial charge in [0.15, 0.2) is 0 Å². The van der Waals surface area contributed by atoms with Gasteiger partial charge in [0.25, 0.3) is 11.6 Å². The molecule has 0 bridgehead atoms. The Labute approximate surface area is 165 Å². The van der Waals surface area contributed by atoms with Gasteiger partial charge < -0.3 is 15.4 Å². The molecule has 2 aromatic rings. The Kier molecular flexibility index (Phi) is 5.18. The average Bonchev–Trinajstić information content (AvgIpc) is 2.92. The molecule has 0 saturated carbocycles. The van der Waals surface area contributed by atoms with E-state index in [-0.39, 0.29) is 5.69 Å². The highest BCUT2D eigenvalue weighted by Crippen LogP contribution is 2.30. The number of methoxy groups -OCH3 is 1. The molecular weight excluding hydrogens is 380 g/mol. The lowest BCUT2D eigenvalue weighted by Gasteiger charge is -2.22. The topological polar surface area (TPSA) is 131 Å². The predicted octanol–water partition coefficient (Wildman–Crippen LogP) is 2.01. The normalized spacial score (nSPS) is 18.3. The maximum Gasteiger partial charge on any atom is 0.325 e. The van der Waals surface area contributed by atoms with Gasteiger partial charge in [0.2, 0.25) is 5.91 Å². The molecule has 0 unspecified atom stereocenters. The first-order valence-corrected chi connectivity index (χ1v) is 8.58. The Hall–Kier alpha value is -3.95. The number of anilines is 1. The third-order valence-corrected chi connectivity index (χ3v) is 4.61. The number of amides is 4. The molecule has 1 heterocycles. The van der Waals surface area contributed by atoms with E-state index in [1.807, 2.05) is 0 Å². The predicted molar refractivity (Wildman–Crippen MR) is 102 cm³/mol. The fourth-order valence-corrected chi connectivity index (χ4v) is 3.03. The molecule has 1 aliphatic rings. The van der Waals surface area contributed by atoms with Gasteiger partial charge in [-0.1, -0.05) is 12.1 Å². The summed E-state index contributed by atoms with van der Waals surface area (Å²) in [6.45, 7) is 0.984. The number of nitro benzene ring substituents is 1. The van der Waals surface area contributed by atoms with Crippen LogP contribution in [0.15, 0.2) is 48.5 Å². The largest absolute Gasteiger partial charge is 0.495 e. The van der Waals surface area contributed by atoms with Gasteiger partial charge in [0.05, 0.1) is 17.7 Å². The summed E-state index contributed by atoms with van der Waals surface area (Å²) in [5.41, 5.74) is -0.793. The SMILES string of the molecule is COc1ccccc1NC(=O)CN1C(=O)N[C@@](C)(c2ccc([N+](=O)[O-])cc2)C1=O. The average molecular weight is 398 g/mol. The summed E-state index contributed by atoms with van der Waals surface area (Å²) in [6.07, 6.45) is 0. The maximum atomic E-state index is 12.9. The monoisotopic (exact) mass is 398 g/mol. The highest BCUT2D eigenvalue weighted by molar-refractivity contribution is 6.10. The van der Waals surface area contributed by atoms with Crippen molar-refractivity contribution in [1.82, 2.24) is 10.2 Å². The van der Waals surface area contributed by atoms with Gasteiger partial charge in [0, 0.05) is 12.1 Å². The summed E-state index contributed by atoms with van der Waals surface area (Å²) in [5, 5.41) is 16.0.